The monoisotopic (exact) mass is 210 g/mol. The Morgan fingerprint density at radius 3 is 2.86 bits per heavy atom. The summed E-state index contributed by atoms with van der Waals surface area (Å²) in [6.07, 6.45) is 0.847. The van der Waals surface area contributed by atoms with Gasteiger partial charge in [-0.2, -0.15) is 0 Å². The predicted molar refractivity (Wildman–Crippen MR) is 54.8 cm³/mol. The number of ether oxygens (including phenoxy) is 1. The highest BCUT2D eigenvalue weighted by atomic mass is 35.5. The number of carbonyl (C=O) groups excluding carboxylic acids is 1. The van der Waals surface area contributed by atoms with Crippen LogP contribution in [0.5, 0.6) is 5.75 Å². The molecule has 0 saturated carbocycles. The van der Waals surface area contributed by atoms with Crippen LogP contribution in [0.4, 0.5) is 0 Å². The van der Waals surface area contributed by atoms with Crippen molar-refractivity contribution in [3.05, 3.63) is 29.8 Å². The first-order valence-corrected chi connectivity index (χ1v) is 5.12. The molecular weight excluding hydrogens is 200 g/mol. The molecule has 0 radical (unpaired) electrons. The standard InChI is InChI=1S/C11H11ClO2/c1-2-7-8-5-3-4-6-9(8)14-11(13)10(7)12/h3-7,10H,2H2,1H3/t7-,10-/m0/s1. The molecule has 0 aliphatic carbocycles. The number of carbonyl (C=O) groups is 1. The Kier molecular flexibility index (Phi) is 2.46. The normalized spacial score (nSPS) is 25.4. The Bertz CT molecular complexity index is 362. The lowest BCUT2D eigenvalue weighted by Gasteiger charge is -2.27. The van der Waals surface area contributed by atoms with Gasteiger partial charge in [-0.05, 0) is 12.5 Å². The summed E-state index contributed by atoms with van der Waals surface area (Å²) in [6.45, 7) is 2.02. The van der Waals surface area contributed by atoms with Gasteiger partial charge in [-0.25, -0.2) is 0 Å². The third kappa shape index (κ3) is 1.40. The van der Waals surface area contributed by atoms with Crippen LogP contribution in [-0.4, -0.2) is 11.3 Å². The van der Waals surface area contributed by atoms with Crippen LogP contribution in [-0.2, 0) is 4.79 Å². The highest BCUT2D eigenvalue weighted by Gasteiger charge is 2.34. The van der Waals surface area contributed by atoms with E-state index in [0.29, 0.717) is 5.75 Å². The zero-order chi connectivity index (χ0) is 10.1. The van der Waals surface area contributed by atoms with Crippen molar-refractivity contribution >= 4 is 17.6 Å². The number of hydrogen-bond donors (Lipinski definition) is 0. The minimum Gasteiger partial charge on any atom is -0.425 e. The van der Waals surface area contributed by atoms with Crippen molar-refractivity contribution in [3.8, 4) is 5.75 Å². The molecule has 1 aliphatic heterocycles. The molecule has 2 atom stereocenters. The van der Waals surface area contributed by atoms with Crippen LogP contribution >= 0.6 is 11.6 Å². The van der Waals surface area contributed by atoms with E-state index in [1.165, 1.54) is 0 Å². The molecule has 1 aromatic rings. The van der Waals surface area contributed by atoms with Gasteiger partial charge in [-0.1, -0.05) is 25.1 Å². The fourth-order valence-electron chi connectivity index (χ4n) is 1.79. The smallest absolute Gasteiger partial charge is 0.330 e. The van der Waals surface area contributed by atoms with E-state index in [4.69, 9.17) is 16.3 Å². The predicted octanol–water partition coefficient (Wildman–Crippen LogP) is 2.71. The fraction of sp³-hybridized carbons (Fsp3) is 0.364. The molecule has 0 aromatic heterocycles. The van der Waals surface area contributed by atoms with Crippen LogP contribution in [0.25, 0.3) is 0 Å². The number of esters is 1. The Morgan fingerprint density at radius 2 is 2.14 bits per heavy atom. The topological polar surface area (TPSA) is 26.3 Å². The molecule has 2 rings (SSSR count). The lowest BCUT2D eigenvalue weighted by atomic mass is 9.90. The van der Waals surface area contributed by atoms with Crippen LogP contribution in [0, 0.1) is 0 Å². The summed E-state index contributed by atoms with van der Waals surface area (Å²) in [7, 11) is 0. The third-order valence-corrected chi connectivity index (χ3v) is 3.03. The summed E-state index contributed by atoms with van der Waals surface area (Å²) in [5, 5.41) is -0.546. The van der Waals surface area contributed by atoms with Gasteiger partial charge in [-0.3, -0.25) is 4.79 Å². The summed E-state index contributed by atoms with van der Waals surface area (Å²) in [6, 6.07) is 7.56. The van der Waals surface area contributed by atoms with Gasteiger partial charge >= 0.3 is 5.97 Å². The van der Waals surface area contributed by atoms with E-state index >= 15 is 0 Å². The molecule has 1 heterocycles. The lowest BCUT2D eigenvalue weighted by Crippen LogP contribution is -2.32. The number of rotatable bonds is 1. The van der Waals surface area contributed by atoms with Gasteiger partial charge < -0.3 is 4.74 Å². The Morgan fingerprint density at radius 1 is 1.43 bits per heavy atom. The van der Waals surface area contributed by atoms with Crippen molar-refractivity contribution in [2.24, 2.45) is 0 Å². The van der Waals surface area contributed by atoms with Crippen LogP contribution in [0.3, 0.4) is 0 Å². The minimum atomic E-state index is -0.546. The lowest BCUT2D eigenvalue weighted by molar-refractivity contribution is -0.135. The zero-order valence-corrected chi connectivity index (χ0v) is 8.62. The third-order valence-electron chi connectivity index (χ3n) is 2.55. The van der Waals surface area contributed by atoms with Crippen molar-refractivity contribution in [1.29, 1.82) is 0 Å². The molecule has 0 fully saturated rings. The SMILES string of the molecule is CC[C@H]1c2ccccc2OC(=O)[C@H]1Cl. The van der Waals surface area contributed by atoms with Gasteiger partial charge in [-0.15, -0.1) is 11.6 Å². The molecule has 74 valence electrons. The second-order valence-corrected chi connectivity index (χ2v) is 3.85. The van der Waals surface area contributed by atoms with E-state index < -0.39 is 5.38 Å². The van der Waals surface area contributed by atoms with E-state index in [2.05, 4.69) is 0 Å². The highest BCUT2D eigenvalue weighted by Crippen LogP contribution is 2.38. The maximum atomic E-state index is 11.4. The van der Waals surface area contributed by atoms with Gasteiger partial charge in [0.2, 0.25) is 0 Å². The van der Waals surface area contributed by atoms with E-state index in [1.54, 1.807) is 6.07 Å². The molecule has 0 spiro atoms. The van der Waals surface area contributed by atoms with Crippen LogP contribution in [0.2, 0.25) is 0 Å². The van der Waals surface area contributed by atoms with Gasteiger partial charge in [0, 0.05) is 11.5 Å². The molecule has 0 saturated heterocycles. The summed E-state index contributed by atoms with van der Waals surface area (Å²) >= 11 is 5.99. The van der Waals surface area contributed by atoms with Gasteiger partial charge in [0.1, 0.15) is 11.1 Å². The van der Waals surface area contributed by atoms with Crippen molar-refractivity contribution in [1.82, 2.24) is 0 Å². The Hall–Kier alpha value is -1.02. The summed E-state index contributed by atoms with van der Waals surface area (Å²) in [5.74, 6) is 0.396. The van der Waals surface area contributed by atoms with Crippen LogP contribution < -0.4 is 4.74 Å². The van der Waals surface area contributed by atoms with Crippen molar-refractivity contribution < 1.29 is 9.53 Å². The average Bonchev–Trinajstić information content (AvgIpc) is 2.20. The largest absolute Gasteiger partial charge is 0.425 e. The van der Waals surface area contributed by atoms with Gasteiger partial charge in [0.15, 0.2) is 0 Å². The second-order valence-electron chi connectivity index (χ2n) is 3.38. The molecular formula is C11H11ClO2. The maximum Gasteiger partial charge on any atom is 0.330 e. The van der Waals surface area contributed by atoms with Crippen LogP contribution in [0.1, 0.15) is 24.8 Å². The summed E-state index contributed by atoms with van der Waals surface area (Å²) in [4.78, 5) is 11.4. The maximum absolute atomic E-state index is 11.4. The molecule has 1 aliphatic rings. The Balaban J connectivity index is 2.47. The molecule has 0 amide bonds. The van der Waals surface area contributed by atoms with Crippen molar-refractivity contribution in [3.63, 3.8) is 0 Å². The number of hydrogen-bond acceptors (Lipinski definition) is 2. The number of fused-ring (bicyclic) bond motifs is 1. The fourth-order valence-corrected chi connectivity index (χ4v) is 2.15. The number of halogens is 1. The first kappa shape index (κ1) is 9.53. The summed E-state index contributed by atoms with van der Waals surface area (Å²) in [5.41, 5.74) is 1.04. The van der Waals surface area contributed by atoms with E-state index in [0.717, 1.165) is 12.0 Å². The van der Waals surface area contributed by atoms with Crippen molar-refractivity contribution in [2.45, 2.75) is 24.6 Å². The highest BCUT2D eigenvalue weighted by molar-refractivity contribution is 6.31. The molecule has 1 aromatic carbocycles. The zero-order valence-electron chi connectivity index (χ0n) is 7.87. The number of para-hydroxylation sites is 1. The quantitative estimate of drug-likeness (QED) is 0.405. The van der Waals surface area contributed by atoms with Crippen LogP contribution in [0.15, 0.2) is 24.3 Å². The average molecular weight is 211 g/mol. The molecule has 0 unspecified atom stereocenters. The molecule has 3 heteroatoms. The molecule has 2 nitrogen and oxygen atoms in total. The number of benzene rings is 1. The molecule has 0 bridgehead atoms. The molecule has 0 N–H and O–H groups in total. The number of alkyl halides is 1. The van der Waals surface area contributed by atoms with E-state index in [-0.39, 0.29) is 11.9 Å². The van der Waals surface area contributed by atoms with Gasteiger partial charge in [0.05, 0.1) is 0 Å². The summed E-state index contributed by atoms with van der Waals surface area (Å²) < 4.78 is 5.11. The molecule has 14 heavy (non-hydrogen) atoms. The van der Waals surface area contributed by atoms with Crippen molar-refractivity contribution in [2.75, 3.05) is 0 Å². The van der Waals surface area contributed by atoms with E-state index in [9.17, 15) is 4.79 Å². The minimum absolute atomic E-state index is 0.0779. The van der Waals surface area contributed by atoms with Gasteiger partial charge in [0.25, 0.3) is 0 Å². The first-order valence-electron chi connectivity index (χ1n) is 4.68. The second kappa shape index (κ2) is 3.62. The Labute approximate surface area is 87.8 Å². The first-order chi connectivity index (χ1) is 6.74. The van der Waals surface area contributed by atoms with E-state index in [1.807, 2.05) is 25.1 Å².